The van der Waals surface area contributed by atoms with Crippen LogP contribution in [0.3, 0.4) is 0 Å². The molecule has 1 amide bonds. The van der Waals surface area contributed by atoms with Crippen LogP contribution in [0.1, 0.15) is 40.0 Å². The van der Waals surface area contributed by atoms with Crippen molar-refractivity contribution in [1.29, 1.82) is 0 Å². The van der Waals surface area contributed by atoms with Gasteiger partial charge in [-0.15, -0.1) is 0 Å². The monoisotopic (exact) mass is 242 g/mol. The molecule has 3 N–H and O–H groups in total. The number of carbonyl (C=O) groups is 2. The zero-order valence-corrected chi connectivity index (χ0v) is 10.8. The summed E-state index contributed by atoms with van der Waals surface area (Å²) < 4.78 is 4.91. The van der Waals surface area contributed by atoms with E-state index in [0.29, 0.717) is 13.0 Å². The molecular weight excluding hydrogens is 220 g/mol. The van der Waals surface area contributed by atoms with E-state index in [2.05, 4.69) is 5.32 Å². The summed E-state index contributed by atoms with van der Waals surface area (Å²) in [6.07, 6.45) is 2.37. The van der Waals surface area contributed by atoms with E-state index in [-0.39, 0.29) is 17.9 Å². The van der Waals surface area contributed by atoms with Crippen molar-refractivity contribution in [3.05, 3.63) is 0 Å². The maximum absolute atomic E-state index is 11.9. The maximum Gasteiger partial charge on any atom is 0.331 e. The van der Waals surface area contributed by atoms with Gasteiger partial charge in [-0.05, 0) is 40.0 Å². The average Bonchev–Trinajstić information content (AvgIpc) is 2.64. The number of nitrogens with one attached hydrogen (secondary N) is 1. The van der Waals surface area contributed by atoms with Gasteiger partial charge in [-0.25, -0.2) is 4.79 Å². The molecular formula is C12H22N2O3. The molecule has 2 atom stereocenters. The minimum Gasteiger partial charge on any atom is -0.464 e. The first-order valence-corrected chi connectivity index (χ1v) is 6.11. The van der Waals surface area contributed by atoms with Gasteiger partial charge >= 0.3 is 5.97 Å². The summed E-state index contributed by atoms with van der Waals surface area (Å²) in [5.41, 5.74) is 4.79. The molecule has 1 rings (SSSR count). The highest BCUT2D eigenvalue weighted by atomic mass is 16.5. The first-order chi connectivity index (χ1) is 7.86. The Bertz CT molecular complexity index is 302. The summed E-state index contributed by atoms with van der Waals surface area (Å²) >= 11 is 0. The van der Waals surface area contributed by atoms with Crippen molar-refractivity contribution in [2.75, 3.05) is 6.61 Å². The molecule has 0 heterocycles. The van der Waals surface area contributed by atoms with Crippen LogP contribution in [0, 0.1) is 5.92 Å². The van der Waals surface area contributed by atoms with Gasteiger partial charge in [0.25, 0.3) is 0 Å². The lowest BCUT2D eigenvalue weighted by molar-refractivity contribution is -0.152. The quantitative estimate of drug-likeness (QED) is 0.706. The minimum atomic E-state index is -0.972. The second-order valence-corrected chi connectivity index (χ2v) is 5.10. The van der Waals surface area contributed by atoms with Crippen LogP contribution in [-0.4, -0.2) is 30.1 Å². The molecule has 5 nitrogen and oxygen atoms in total. The Labute approximate surface area is 102 Å². The Hall–Kier alpha value is -1.10. The molecule has 1 saturated carbocycles. The van der Waals surface area contributed by atoms with Gasteiger partial charge in [-0.2, -0.15) is 0 Å². The van der Waals surface area contributed by atoms with E-state index in [1.165, 1.54) is 0 Å². The minimum absolute atomic E-state index is 0.0706. The van der Waals surface area contributed by atoms with E-state index in [9.17, 15) is 9.59 Å². The van der Waals surface area contributed by atoms with Gasteiger partial charge < -0.3 is 15.8 Å². The zero-order valence-electron chi connectivity index (χ0n) is 10.8. The fraction of sp³-hybridized carbons (Fsp3) is 0.833. The number of amides is 1. The second kappa shape index (κ2) is 5.49. The lowest BCUT2D eigenvalue weighted by Gasteiger charge is -2.25. The van der Waals surface area contributed by atoms with Crippen LogP contribution >= 0.6 is 0 Å². The molecule has 0 aromatic heterocycles. The van der Waals surface area contributed by atoms with Crippen molar-refractivity contribution in [1.82, 2.24) is 5.32 Å². The SMILES string of the molecule is CCOC(=O)C(C)(C)NC(=O)C1CCC(N)C1. The molecule has 0 radical (unpaired) electrons. The zero-order chi connectivity index (χ0) is 13.1. The molecule has 17 heavy (non-hydrogen) atoms. The van der Waals surface area contributed by atoms with E-state index in [0.717, 1.165) is 12.8 Å². The van der Waals surface area contributed by atoms with Gasteiger partial charge in [0.15, 0.2) is 0 Å². The van der Waals surface area contributed by atoms with E-state index < -0.39 is 11.5 Å². The van der Waals surface area contributed by atoms with Gasteiger partial charge in [0.1, 0.15) is 5.54 Å². The fourth-order valence-corrected chi connectivity index (χ4v) is 2.03. The highest BCUT2D eigenvalue weighted by molar-refractivity contribution is 5.88. The highest BCUT2D eigenvalue weighted by Crippen LogP contribution is 2.24. The molecule has 0 aliphatic heterocycles. The Kier molecular flexibility index (Phi) is 4.51. The van der Waals surface area contributed by atoms with Crippen LogP contribution in [0.25, 0.3) is 0 Å². The van der Waals surface area contributed by atoms with Crippen LogP contribution < -0.4 is 11.1 Å². The van der Waals surface area contributed by atoms with Crippen LogP contribution in [-0.2, 0) is 14.3 Å². The largest absolute Gasteiger partial charge is 0.464 e. The summed E-state index contributed by atoms with van der Waals surface area (Å²) in [5.74, 6) is -0.578. The van der Waals surface area contributed by atoms with Gasteiger partial charge in [-0.1, -0.05) is 0 Å². The number of rotatable bonds is 4. The van der Waals surface area contributed by atoms with Gasteiger partial charge in [0.2, 0.25) is 5.91 Å². The van der Waals surface area contributed by atoms with Crippen LogP contribution in [0.2, 0.25) is 0 Å². The van der Waals surface area contributed by atoms with Crippen molar-refractivity contribution in [3.8, 4) is 0 Å². The van der Waals surface area contributed by atoms with Gasteiger partial charge in [-0.3, -0.25) is 4.79 Å². The number of esters is 1. The average molecular weight is 242 g/mol. The normalized spacial score (nSPS) is 24.5. The van der Waals surface area contributed by atoms with Crippen LogP contribution in [0.4, 0.5) is 0 Å². The molecule has 5 heteroatoms. The van der Waals surface area contributed by atoms with E-state index in [4.69, 9.17) is 10.5 Å². The summed E-state index contributed by atoms with van der Waals surface area (Å²) in [6.45, 7) is 5.35. The van der Waals surface area contributed by atoms with Crippen molar-refractivity contribution < 1.29 is 14.3 Å². The van der Waals surface area contributed by atoms with Gasteiger partial charge in [0, 0.05) is 12.0 Å². The molecule has 0 spiro atoms. The molecule has 0 bridgehead atoms. The second-order valence-electron chi connectivity index (χ2n) is 5.10. The molecule has 1 fully saturated rings. The lowest BCUT2D eigenvalue weighted by atomic mass is 10.0. The molecule has 98 valence electrons. The van der Waals surface area contributed by atoms with Crippen molar-refractivity contribution in [3.63, 3.8) is 0 Å². The maximum atomic E-state index is 11.9. The van der Waals surface area contributed by atoms with Crippen molar-refractivity contribution >= 4 is 11.9 Å². The Morgan fingerprint density at radius 1 is 1.41 bits per heavy atom. The fourth-order valence-electron chi connectivity index (χ4n) is 2.03. The lowest BCUT2D eigenvalue weighted by Crippen LogP contribution is -2.52. The van der Waals surface area contributed by atoms with E-state index >= 15 is 0 Å². The van der Waals surface area contributed by atoms with E-state index in [1.54, 1.807) is 20.8 Å². The predicted molar refractivity (Wildman–Crippen MR) is 64.2 cm³/mol. The predicted octanol–water partition coefficient (Wildman–Crippen LogP) is 0.572. The van der Waals surface area contributed by atoms with E-state index in [1.807, 2.05) is 0 Å². The van der Waals surface area contributed by atoms with Gasteiger partial charge in [0.05, 0.1) is 6.61 Å². The molecule has 0 aromatic rings. The molecule has 1 aliphatic carbocycles. The molecule has 2 unspecified atom stereocenters. The first kappa shape index (κ1) is 14.0. The summed E-state index contributed by atoms with van der Waals surface area (Å²) in [4.78, 5) is 23.6. The summed E-state index contributed by atoms with van der Waals surface area (Å²) in [7, 11) is 0. The smallest absolute Gasteiger partial charge is 0.331 e. The third-order valence-corrected chi connectivity index (χ3v) is 3.07. The standard InChI is InChI=1S/C12H22N2O3/c1-4-17-11(16)12(2,3)14-10(15)8-5-6-9(13)7-8/h8-9H,4-7,13H2,1-3H3,(H,14,15). The molecule has 0 saturated heterocycles. The third kappa shape index (κ3) is 3.70. The Morgan fingerprint density at radius 2 is 2.06 bits per heavy atom. The molecule has 1 aliphatic rings. The summed E-state index contributed by atoms with van der Waals surface area (Å²) in [6, 6.07) is 0.108. The third-order valence-electron chi connectivity index (χ3n) is 3.07. The van der Waals surface area contributed by atoms with Crippen LogP contribution in [0.15, 0.2) is 0 Å². The van der Waals surface area contributed by atoms with Crippen molar-refractivity contribution in [2.45, 2.75) is 51.6 Å². The first-order valence-electron chi connectivity index (χ1n) is 6.11. The highest BCUT2D eigenvalue weighted by Gasteiger charge is 2.35. The van der Waals surface area contributed by atoms with Crippen LogP contribution in [0.5, 0.6) is 0 Å². The van der Waals surface area contributed by atoms with Crippen molar-refractivity contribution in [2.24, 2.45) is 11.7 Å². The number of hydrogen-bond acceptors (Lipinski definition) is 4. The summed E-state index contributed by atoms with van der Waals surface area (Å²) in [5, 5.41) is 2.73. The molecule has 0 aromatic carbocycles. The topological polar surface area (TPSA) is 81.4 Å². The number of carbonyl (C=O) groups excluding carboxylic acids is 2. The Balaban J connectivity index is 2.52. The number of nitrogens with two attached hydrogens (primary N) is 1. The Morgan fingerprint density at radius 3 is 2.53 bits per heavy atom. The number of ether oxygens (including phenoxy) is 1. The number of hydrogen-bond donors (Lipinski definition) is 2.